The molecule has 0 aliphatic rings. The van der Waals surface area contributed by atoms with Gasteiger partial charge in [0.05, 0.1) is 59.8 Å². The monoisotopic (exact) mass is 1120 g/mol. The molecule has 0 aliphatic carbocycles. The van der Waals surface area contributed by atoms with Crippen LogP contribution in [0.1, 0.15) is 110 Å². The normalized spacial score (nSPS) is 12.7. The number of aliphatic carboxylic acids is 2. The Labute approximate surface area is 476 Å². The number of carbonyl (C=O) groups is 4. The summed E-state index contributed by atoms with van der Waals surface area (Å²) in [6.07, 6.45) is -5.01. The van der Waals surface area contributed by atoms with Crippen molar-refractivity contribution in [3.63, 3.8) is 0 Å². The van der Waals surface area contributed by atoms with Crippen molar-refractivity contribution < 1.29 is 58.6 Å². The molecule has 2 amide bonds. The van der Waals surface area contributed by atoms with Gasteiger partial charge in [-0.3, -0.25) is 19.2 Å². The van der Waals surface area contributed by atoms with Crippen LogP contribution in [0.5, 0.6) is 0 Å². The molecule has 14 nitrogen and oxygen atoms in total. The van der Waals surface area contributed by atoms with Crippen LogP contribution in [0.4, 0.5) is 20.2 Å². The van der Waals surface area contributed by atoms with E-state index in [1.54, 1.807) is 24.3 Å². The number of benzene rings is 6. The second kappa shape index (κ2) is 28.7. The molecule has 0 aliphatic heterocycles. The van der Waals surface area contributed by atoms with E-state index < -0.39 is 49.2 Å². The van der Waals surface area contributed by atoms with Crippen molar-refractivity contribution in [1.29, 1.82) is 0 Å². The first kappa shape index (κ1) is 61.1. The highest BCUT2D eigenvalue weighted by Gasteiger charge is 2.33. The summed E-state index contributed by atoms with van der Waals surface area (Å²) >= 11 is 0. The quantitative estimate of drug-likeness (QED) is 0.0286. The van der Waals surface area contributed by atoms with E-state index >= 15 is 0 Å². The van der Waals surface area contributed by atoms with Crippen LogP contribution in [0.3, 0.4) is 0 Å². The van der Waals surface area contributed by atoms with Gasteiger partial charge in [-0.2, -0.15) is 0 Å². The van der Waals surface area contributed by atoms with Crippen LogP contribution in [0.2, 0.25) is 0 Å². The number of anilines is 2. The maximum absolute atomic E-state index is 14.0. The highest BCUT2D eigenvalue weighted by Crippen LogP contribution is 2.45. The van der Waals surface area contributed by atoms with Crippen molar-refractivity contribution in [3.8, 4) is 44.8 Å². The number of carboxylic acid groups (broad SMARTS) is 2. The van der Waals surface area contributed by atoms with Crippen LogP contribution in [0.25, 0.3) is 44.8 Å². The van der Waals surface area contributed by atoms with Crippen LogP contribution in [-0.4, -0.2) is 87.9 Å². The molecular formula is C66H70F2N4O10. The first-order valence-electron chi connectivity index (χ1n) is 27.3. The number of aromatic nitrogens is 2. The molecule has 8 aromatic rings. The molecule has 82 heavy (non-hydrogen) atoms. The summed E-state index contributed by atoms with van der Waals surface area (Å²) in [4.78, 5) is 50.0. The Morgan fingerprint density at radius 1 is 0.427 bits per heavy atom. The zero-order chi connectivity index (χ0) is 59.0. The molecule has 0 radical (unpaired) electrons. The van der Waals surface area contributed by atoms with Gasteiger partial charge in [0, 0.05) is 47.0 Å². The third-order valence-corrected chi connectivity index (χ3v) is 13.9. The van der Waals surface area contributed by atoms with E-state index in [2.05, 4.69) is 10.6 Å². The summed E-state index contributed by atoms with van der Waals surface area (Å²) in [5, 5.41) is 65.6. The molecule has 0 bridgehead atoms. The summed E-state index contributed by atoms with van der Waals surface area (Å²) in [6.45, 7) is 8.50. The van der Waals surface area contributed by atoms with Crippen LogP contribution >= 0.6 is 0 Å². The smallest absolute Gasteiger partial charge is 0.305 e. The maximum atomic E-state index is 14.0. The van der Waals surface area contributed by atoms with Gasteiger partial charge in [-0.05, 0) is 133 Å². The highest BCUT2D eigenvalue weighted by atomic mass is 19.1. The molecule has 0 spiro atoms. The Morgan fingerprint density at radius 2 is 0.732 bits per heavy atom. The van der Waals surface area contributed by atoms with Gasteiger partial charge >= 0.3 is 11.9 Å². The van der Waals surface area contributed by atoms with Gasteiger partial charge in [-0.1, -0.05) is 125 Å². The van der Waals surface area contributed by atoms with E-state index in [1.807, 2.05) is 158 Å². The fraction of sp³-hybridized carbons (Fsp3) is 0.273. The number of nitrogens with one attached hydrogen (secondary N) is 2. The Morgan fingerprint density at radius 3 is 1.02 bits per heavy atom. The highest BCUT2D eigenvalue weighted by molar-refractivity contribution is 6.13. The van der Waals surface area contributed by atoms with Crippen LogP contribution in [-0.2, 0) is 22.7 Å². The number of carboxylic acids is 2. The second-order valence-corrected chi connectivity index (χ2v) is 20.8. The minimum absolute atomic E-state index is 0.0939. The second-order valence-electron chi connectivity index (χ2n) is 20.8. The SMILES string of the molecule is CC(C)c1c(C(=O)Nc2ccccc2)c(-c2ccccc2)c(-c2ccc(F)cc2)n1CC[C@@H](O)C[C@@H](O)CC(=O)O.CC(C)c1c(C(=O)Nc2ccccc2)c(-c2ccccc2)c(-c2ccc(F)cc2)n1CC[C@@H](O)C[C@@H](O)CC(=O)O. The van der Waals surface area contributed by atoms with E-state index in [0.29, 0.717) is 56.1 Å². The van der Waals surface area contributed by atoms with Crippen molar-refractivity contribution in [2.45, 2.75) is 116 Å². The summed E-state index contributed by atoms with van der Waals surface area (Å²) in [5.74, 6) is -3.87. The predicted octanol–water partition coefficient (Wildman–Crippen LogP) is 12.6. The number of nitrogens with zero attached hydrogens (tertiary/aromatic N) is 2. The van der Waals surface area contributed by atoms with Crippen LogP contribution < -0.4 is 10.6 Å². The van der Waals surface area contributed by atoms with E-state index in [9.17, 15) is 48.4 Å². The molecule has 4 atom stereocenters. The summed E-state index contributed by atoms with van der Waals surface area (Å²) in [6, 6.07) is 49.6. The fourth-order valence-electron chi connectivity index (χ4n) is 10.4. The molecule has 428 valence electrons. The number of para-hydroxylation sites is 2. The molecule has 16 heteroatoms. The number of hydrogen-bond acceptors (Lipinski definition) is 8. The molecule has 2 heterocycles. The number of halogens is 2. The topological polar surface area (TPSA) is 224 Å². The zero-order valence-corrected chi connectivity index (χ0v) is 46.3. The number of aliphatic hydroxyl groups is 4. The first-order valence-corrected chi connectivity index (χ1v) is 27.3. The van der Waals surface area contributed by atoms with Crippen molar-refractivity contribution in [1.82, 2.24) is 9.13 Å². The Balaban J connectivity index is 0.000000236. The Bertz CT molecular complexity index is 3160. The van der Waals surface area contributed by atoms with Crippen LogP contribution in [0.15, 0.2) is 170 Å². The Kier molecular flexibility index (Phi) is 21.4. The van der Waals surface area contributed by atoms with Crippen molar-refractivity contribution >= 4 is 35.1 Å². The lowest BCUT2D eigenvalue weighted by atomic mass is 9.94. The standard InChI is InChI=1S/2C33H35FN2O5/c2*1-21(2)31-30(33(41)35-25-11-7-4-8-12-25)29(22-9-5-3-6-10-22)32(23-13-15-24(34)16-14-23)36(31)18-17-26(37)19-27(38)20-28(39)40/h2*3-16,21,26-27,37-38H,17-20H2,1-2H3,(H,35,41)(H,39,40)/t2*26-,27-/m11/s1. The third-order valence-electron chi connectivity index (χ3n) is 13.9. The van der Waals surface area contributed by atoms with Crippen molar-refractivity contribution in [2.75, 3.05) is 10.6 Å². The van der Waals surface area contributed by atoms with E-state index in [0.717, 1.165) is 22.5 Å². The number of aliphatic hydroxyl groups excluding tert-OH is 4. The van der Waals surface area contributed by atoms with Gasteiger partial charge in [-0.15, -0.1) is 0 Å². The predicted molar refractivity (Wildman–Crippen MR) is 314 cm³/mol. The number of rotatable bonds is 24. The average molecular weight is 1120 g/mol. The van der Waals surface area contributed by atoms with Crippen molar-refractivity contribution in [3.05, 3.63) is 204 Å². The molecule has 8 N–H and O–H groups in total. The minimum Gasteiger partial charge on any atom is -0.481 e. The molecule has 0 saturated heterocycles. The summed E-state index contributed by atoms with van der Waals surface area (Å²) in [7, 11) is 0. The molecular weight excluding hydrogens is 1050 g/mol. The van der Waals surface area contributed by atoms with Gasteiger partial charge in [0.1, 0.15) is 11.6 Å². The third kappa shape index (κ3) is 15.9. The molecule has 0 saturated carbocycles. The molecule has 0 fully saturated rings. The lowest BCUT2D eigenvalue weighted by Gasteiger charge is -2.20. The lowest BCUT2D eigenvalue weighted by Crippen LogP contribution is -2.22. The summed E-state index contributed by atoms with van der Waals surface area (Å²) < 4.78 is 32.0. The lowest BCUT2D eigenvalue weighted by molar-refractivity contribution is -0.140. The Hall–Kier alpha value is -8.54. The molecule has 8 rings (SSSR count). The van der Waals surface area contributed by atoms with E-state index in [1.165, 1.54) is 24.3 Å². The number of amides is 2. The first-order chi connectivity index (χ1) is 39.3. The molecule has 2 aromatic heterocycles. The molecule has 6 aromatic carbocycles. The van der Waals surface area contributed by atoms with Crippen molar-refractivity contribution in [2.24, 2.45) is 0 Å². The number of carbonyl (C=O) groups excluding carboxylic acids is 2. The molecule has 0 unspecified atom stereocenters. The number of hydrogen-bond donors (Lipinski definition) is 8. The largest absolute Gasteiger partial charge is 0.481 e. The van der Waals surface area contributed by atoms with E-state index in [4.69, 9.17) is 10.2 Å². The van der Waals surface area contributed by atoms with Gasteiger partial charge in [-0.25, -0.2) is 8.78 Å². The van der Waals surface area contributed by atoms with Gasteiger partial charge in [0.15, 0.2) is 0 Å². The van der Waals surface area contributed by atoms with Gasteiger partial charge < -0.3 is 50.4 Å². The minimum atomic E-state index is -1.18. The maximum Gasteiger partial charge on any atom is 0.305 e. The van der Waals surface area contributed by atoms with E-state index in [-0.39, 0.29) is 74.1 Å². The van der Waals surface area contributed by atoms with Gasteiger partial charge in [0.2, 0.25) is 0 Å². The van der Waals surface area contributed by atoms with Crippen LogP contribution in [0, 0.1) is 11.6 Å². The average Bonchev–Trinajstić information content (AvgIpc) is 3.78. The van der Waals surface area contributed by atoms with Gasteiger partial charge in [0.25, 0.3) is 11.8 Å². The summed E-state index contributed by atoms with van der Waals surface area (Å²) in [5.41, 5.74) is 9.55. The zero-order valence-electron chi connectivity index (χ0n) is 46.3. The fourth-order valence-corrected chi connectivity index (χ4v) is 10.4.